The predicted molar refractivity (Wildman–Crippen MR) is 74.1 cm³/mol. The Morgan fingerprint density at radius 3 is 2.33 bits per heavy atom. The molecule has 5 heteroatoms. The van der Waals surface area contributed by atoms with Crippen molar-refractivity contribution < 1.29 is 13.7 Å². The number of carbonyl (C=O) groups excluding carboxylic acids is 1. The highest BCUT2D eigenvalue weighted by Gasteiger charge is 2.34. The zero-order valence-corrected chi connectivity index (χ0v) is 12.9. The Kier molecular flexibility index (Phi) is 5.20. The zero-order valence-electron chi connectivity index (χ0n) is 12.1. The molecule has 1 aliphatic carbocycles. The lowest BCUT2D eigenvalue weighted by atomic mass is 9.94. The minimum atomic E-state index is -0.892. The lowest BCUT2D eigenvalue weighted by Gasteiger charge is -2.37. The fraction of sp³-hybridized carbons (Fsp3) is 0.923. The molecule has 2 unspecified atom stereocenters. The Hall–Kier alpha value is -0.580. The molecule has 4 nitrogen and oxygen atoms in total. The zero-order chi connectivity index (χ0) is 13.9. The van der Waals surface area contributed by atoms with Crippen molar-refractivity contribution >= 4 is 16.9 Å². The monoisotopic (exact) mass is 275 g/mol. The topological polar surface area (TPSA) is 46.6 Å². The molecular weight excluding hydrogens is 250 g/mol. The van der Waals surface area contributed by atoms with Crippen LogP contribution in [0, 0.1) is 0 Å². The Bertz CT molecular complexity index is 325. The minimum Gasteiger partial charge on any atom is -0.444 e. The molecule has 1 rings (SSSR count). The molecule has 1 amide bonds. The van der Waals surface area contributed by atoms with Gasteiger partial charge in [-0.05, 0) is 33.6 Å². The third-order valence-electron chi connectivity index (χ3n) is 3.27. The average Bonchev–Trinajstić information content (AvgIpc) is 2.25. The maximum absolute atomic E-state index is 12.0. The van der Waals surface area contributed by atoms with Gasteiger partial charge in [0.25, 0.3) is 0 Å². The highest BCUT2D eigenvalue weighted by atomic mass is 32.2. The summed E-state index contributed by atoms with van der Waals surface area (Å²) in [7, 11) is 0.862. The van der Waals surface area contributed by atoms with Gasteiger partial charge in [-0.25, -0.2) is 4.79 Å². The number of carbonyl (C=O) groups is 1. The molecule has 0 radical (unpaired) electrons. The van der Waals surface area contributed by atoms with Crippen molar-refractivity contribution in [2.45, 2.75) is 63.3 Å². The molecular formula is C13H25NO3S. The molecule has 1 saturated carbocycles. The van der Waals surface area contributed by atoms with Crippen LogP contribution < -0.4 is 0 Å². The predicted octanol–water partition coefficient (Wildman–Crippen LogP) is 2.54. The molecule has 1 aliphatic rings. The summed E-state index contributed by atoms with van der Waals surface area (Å²) in [6.45, 7) is 5.57. The van der Waals surface area contributed by atoms with E-state index in [0.29, 0.717) is 0 Å². The van der Waals surface area contributed by atoms with Crippen LogP contribution in [0.5, 0.6) is 0 Å². The number of hydrogen-bond acceptors (Lipinski definition) is 3. The molecule has 0 aromatic carbocycles. The molecule has 0 spiro atoms. The van der Waals surface area contributed by atoms with E-state index in [2.05, 4.69) is 0 Å². The van der Waals surface area contributed by atoms with Gasteiger partial charge in [-0.1, -0.05) is 12.8 Å². The van der Waals surface area contributed by atoms with E-state index in [9.17, 15) is 9.00 Å². The molecule has 18 heavy (non-hydrogen) atoms. The summed E-state index contributed by atoms with van der Waals surface area (Å²) in [6, 6.07) is 0.0411. The standard InChI is InChI=1S/C13H25NO3S/c1-13(2,3)17-12(15)14(4)10-8-6-7-9-11(10)18(5)16/h10-11H,6-9H2,1-5H3/t10?,11?,18-/m1/s1. The van der Waals surface area contributed by atoms with Crippen LogP contribution in [0.3, 0.4) is 0 Å². The number of ether oxygens (including phenoxy) is 1. The van der Waals surface area contributed by atoms with E-state index in [4.69, 9.17) is 4.74 Å². The van der Waals surface area contributed by atoms with Gasteiger partial charge in [0.2, 0.25) is 0 Å². The van der Waals surface area contributed by atoms with Crippen LogP contribution in [-0.2, 0) is 15.5 Å². The molecule has 106 valence electrons. The van der Waals surface area contributed by atoms with E-state index in [1.54, 1.807) is 18.2 Å². The molecule has 0 aromatic rings. The van der Waals surface area contributed by atoms with Gasteiger partial charge < -0.3 is 9.64 Å². The van der Waals surface area contributed by atoms with Crippen LogP contribution >= 0.6 is 0 Å². The van der Waals surface area contributed by atoms with Crippen molar-refractivity contribution in [3.05, 3.63) is 0 Å². The molecule has 0 bridgehead atoms. The maximum Gasteiger partial charge on any atom is 0.410 e. The Balaban J connectivity index is 2.71. The van der Waals surface area contributed by atoms with E-state index in [1.165, 1.54) is 0 Å². The van der Waals surface area contributed by atoms with Gasteiger partial charge in [0.1, 0.15) is 5.60 Å². The Labute approximate surface area is 113 Å². The second-order valence-corrected chi connectivity index (χ2v) is 7.58. The number of amides is 1. The fourth-order valence-electron chi connectivity index (χ4n) is 2.38. The Morgan fingerprint density at radius 2 is 1.83 bits per heavy atom. The van der Waals surface area contributed by atoms with Gasteiger partial charge >= 0.3 is 6.09 Å². The number of rotatable bonds is 2. The van der Waals surface area contributed by atoms with Crippen molar-refractivity contribution in [2.75, 3.05) is 13.3 Å². The van der Waals surface area contributed by atoms with Gasteiger partial charge in [0.05, 0.1) is 5.25 Å². The fourth-order valence-corrected chi connectivity index (χ4v) is 3.64. The van der Waals surface area contributed by atoms with Crippen molar-refractivity contribution in [1.29, 1.82) is 0 Å². The highest BCUT2D eigenvalue weighted by Crippen LogP contribution is 2.26. The van der Waals surface area contributed by atoms with Gasteiger partial charge in [-0.2, -0.15) is 0 Å². The summed E-state index contributed by atoms with van der Waals surface area (Å²) in [4.78, 5) is 13.7. The summed E-state index contributed by atoms with van der Waals surface area (Å²) >= 11 is 0. The summed E-state index contributed by atoms with van der Waals surface area (Å²) in [5.74, 6) is 0. The first kappa shape index (κ1) is 15.5. The van der Waals surface area contributed by atoms with Crippen molar-refractivity contribution in [1.82, 2.24) is 4.90 Å². The molecule has 0 heterocycles. The van der Waals surface area contributed by atoms with E-state index in [-0.39, 0.29) is 17.4 Å². The second kappa shape index (κ2) is 6.04. The normalized spacial score (nSPS) is 26.5. The van der Waals surface area contributed by atoms with Gasteiger partial charge in [0.15, 0.2) is 0 Å². The van der Waals surface area contributed by atoms with Crippen LogP contribution in [-0.4, -0.2) is 45.4 Å². The first-order chi connectivity index (χ1) is 8.22. The lowest BCUT2D eigenvalue weighted by Crippen LogP contribution is -2.49. The van der Waals surface area contributed by atoms with Crippen molar-refractivity contribution in [2.24, 2.45) is 0 Å². The van der Waals surface area contributed by atoms with Gasteiger partial charge in [-0.15, -0.1) is 0 Å². The highest BCUT2D eigenvalue weighted by molar-refractivity contribution is 7.85. The van der Waals surface area contributed by atoms with E-state index < -0.39 is 16.4 Å². The quantitative estimate of drug-likeness (QED) is 0.778. The van der Waals surface area contributed by atoms with Gasteiger partial charge in [0, 0.05) is 30.1 Å². The number of nitrogens with zero attached hydrogens (tertiary/aromatic N) is 1. The summed E-state index contributed by atoms with van der Waals surface area (Å²) in [5.41, 5.74) is -0.485. The van der Waals surface area contributed by atoms with Crippen LogP contribution in [0.1, 0.15) is 46.5 Å². The first-order valence-electron chi connectivity index (χ1n) is 6.50. The largest absolute Gasteiger partial charge is 0.444 e. The first-order valence-corrected chi connectivity index (χ1v) is 8.12. The summed E-state index contributed by atoms with van der Waals surface area (Å²) in [5, 5.41) is 0.0799. The molecule has 0 N–H and O–H groups in total. The third kappa shape index (κ3) is 4.26. The average molecular weight is 275 g/mol. The lowest BCUT2D eigenvalue weighted by molar-refractivity contribution is 0.0194. The number of hydrogen-bond donors (Lipinski definition) is 0. The second-order valence-electron chi connectivity index (χ2n) is 5.98. The van der Waals surface area contributed by atoms with Crippen LogP contribution in [0.15, 0.2) is 0 Å². The van der Waals surface area contributed by atoms with E-state index in [1.807, 2.05) is 20.8 Å². The van der Waals surface area contributed by atoms with Crippen LogP contribution in [0.4, 0.5) is 4.79 Å². The minimum absolute atomic E-state index is 0.0411. The molecule has 0 saturated heterocycles. The SMILES string of the molecule is CN(C(=O)OC(C)(C)C)C1CCCCC1[S@@](C)=O. The van der Waals surface area contributed by atoms with E-state index >= 15 is 0 Å². The smallest absolute Gasteiger partial charge is 0.410 e. The van der Waals surface area contributed by atoms with Crippen LogP contribution in [0.2, 0.25) is 0 Å². The van der Waals surface area contributed by atoms with Crippen LogP contribution in [0.25, 0.3) is 0 Å². The molecule has 1 fully saturated rings. The van der Waals surface area contributed by atoms with E-state index in [0.717, 1.165) is 25.7 Å². The van der Waals surface area contributed by atoms with Gasteiger partial charge in [-0.3, -0.25) is 4.21 Å². The molecule has 0 aromatic heterocycles. The molecule has 0 aliphatic heterocycles. The summed E-state index contributed by atoms with van der Waals surface area (Å²) < 4.78 is 17.1. The molecule has 3 atom stereocenters. The van der Waals surface area contributed by atoms with Crippen molar-refractivity contribution in [3.63, 3.8) is 0 Å². The summed E-state index contributed by atoms with van der Waals surface area (Å²) in [6.07, 6.45) is 5.45. The maximum atomic E-state index is 12.0. The van der Waals surface area contributed by atoms with Crippen molar-refractivity contribution in [3.8, 4) is 0 Å². The third-order valence-corrected chi connectivity index (χ3v) is 4.68. The Morgan fingerprint density at radius 1 is 1.28 bits per heavy atom.